The van der Waals surface area contributed by atoms with Crippen LogP contribution in [0.15, 0.2) is 66.7 Å². The lowest BCUT2D eigenvalue weighted by atomic mass is 9.89. The monoisotopic (exact) mass is 421 g/mol. The number of ether oxygens (including phenoxy) is 4. The number of rotatable bonds is 6. The molecule has 0 N–H and O–H groups in total. The smallest absolute Gasteiger partial charge is 0.267 e. The number of likely N-dealkylation sites (tertiary alicyclic amines) is 1. The van der Waals surface area contributed by atoms with E-state index in [2.05, 4.69) is 0 Å². The number of carbonyl (C=O) groups is 1. The highest BCUT2D eigenvalue weighted by atomic mass is 19.1. The summed E-state index contributed by atoms with van der Waals surface area (Å²) in [5.74, 6) is 2.15. The molecule has 0 saturated carbocycles. The molecule has 2 aliphatic rings. The number of methoxy groups -OCH3 is 1. The van der Waals surface area contributed by atoms with Crippen LogP contribution in [0, 0.1) is 5.82 Å². The molecule has 2 heterocycles. The standard InChI is InChI=1S/C24H20FNO5/c1-28-18-7-9-19(10-8-18)31-23-22(16-3-5-17(25)6-4-16)26(24(23)27)13-15-2-11-20-21(12-15)30-14-29-20/h2-12,22-23H,13-14H2,1H3/t22-,23+/m1/s1. The van der Waals surface area contributed by atoms with Crippen molar-refractivity contribution >= 4 is 5.91 Å². The van der Waals surface area contributed by atoms with Crippen LogP contribution in [0.3, 0.4) is 0 Å². The minimum Gasteiger partial charge on any atom is -0.497 e. The summed E-state index contributed by atoms with van der Waals surface area (Å²) in [7, 11) is 1.59. The van der Waals surface area contributed by atoms with Crippen molar-refractivity contribution in [1.29, 1.82) is 0 Å². The molecule has 3 aromatic carbocycles. The number of benzene rings is 3. The molecule has 7 heteroatoms. The van der Waals surface area contributed by atoms with Gasteiger partial charge >= 0.3 is 0 Å². The number of nitrogens with zero attached hydrogens (tertiary/aromatic N) is 1. The molecule has 1 fully saturated rings. The van der Waals surface area contributed by atoms with Crippen molar-refractivity contribution in [2.24, 2.45) is 0 Å². The summed E-state index contributed by atoms with van der Waals surface area (Å²) in [5.41, 5.74) is 1.72. The Morgan fingerprint density at radius 2 is 1.68 bits per heavy atom. The molecule has 31 heavy (non-hydrogen) atoms. The van der Waals surface area contributed by atoms with Gasteiger partial charge in [0.1, 0.15) is 23.4 Å². The van der Waals surface area contributed by atoms with Crippen LogP contribution in [0.5, 0.6) is 23.0 Å². The van der Waals surface area contributed by atoms with Crippen molar-refractivity contribution in [3.05, 3.63) is 83.7 Å². The normalized spacial score (nSPS) is 19.2. The number of halogens is 1. The first kappa shape index (κ1) is 19.2. The fraction of sp³-hybridized carbons (Fsp3) is 0.208. The van der Waals surface area contributed by atoms with E-state index in [1.807, 2.05) is 18.2 Å². The SMILES string of the molecule is COc1ccc(O[C@@H]2C(=O)N(Cc3ccc4c(c3)OCO4)[C@@H]2c2ccc(F)cc2)cc1. The second kappa shape index (κ2) is 7.83. The number of amides is 1. The molecule has 0 aliphatic carbocycles. The van der Waals surface area contributed by atoms with Crippen LogP contribution in [-0.2, 0) is 11.3 Å². The van der Waals surface area contributed by atoms with Gasteiger partial charge in [0.05, 0.1) is 7.11 Å². The van der Waals surface area contributed by atoms with E-state index in [-0.39, 0.29) is 24.6 Å². The third-order valence-electron chi connectivity index (χ3n) is 5.47. The number of fused-ring (bicyclic) bond motifs is 1. The molecule has 1 saturated heterocycles. The quantitative estimate of drug-likeness (QED) is 0.561. The van der Waals surface area contributed by atoms with Gasteiger partial charge < -0.3 is 23.8 Å². The Balaban J connectivity index is 1.40. The zero-order valence-corrected chi connectivity index (χ0v) is 16.8. The first-order chi connectivity index (χ1) is 15.1. The molecule has 1 amide bonds. The van der Waals surface area contributed by atoms with Gasteiger partial charge in [-0.25, -0.2) is 4.39 Å². The molecule has 6 nitrogen and oxygen atoms in total. The Morgan fingerprint density at radius 3 is 2.42 bits per heavy atom. The molecular formula is C24H20FNO5. The molecule has 0 aromatic heterocycles. The Kier molecular flexibility index (Phi) is 4.86. The molecule has 0 unspecified atom stereocenters. The Morgan fingerprint density at radius 1 is 0.968 bits per heavy atom. The number of β-lactam (4-membered cyclic amide) rings is 1. The topological polar surface area (TPSA) is 57.2 Å². The molecule has 0 spiro atoms. The summed E-state index contributed by atoms with van der Waals surface area (Å²) in [4.78, 5) is 14.7. The van der Waals surface area contributed by atoms with Gasteiger partial charge in [0.15, 0.2) is 11.5 Å². The van der Waals surface area contributed by atoms with Crippen molar-refractivity contribution in [2.75, 3.05) is 13.9 Å². The lowest BCUT2D eigenvalue weighted by Crippen LogP contribution is -2.60. The van der Waals surface area contributed by atoms with Gasteiger partial charge in [0.25, 0.3) is 5.91 Å². The van der Waals surface area contributed by atoms with Crippen molar-refractivity contribution in [1.82, 2.24) is 4.90 Å². The van der Waals surface area contributed by atoms with Crippen molar-refractivity contribution in [3.63, 3.8) is 0 Å². The summed E-state index contributed by atoms with van der Waals surface area (Å²) >= 11 is 0. The Labute approximate surface area is 178 Å². The maximum atomic E-state index is 13.5. The minimum atomic E-state index is -0.701. The van der Waals surface area contributed by atoms with Gasteiger partial charge in [-0.3, -0.25) is 4.79 Å². The first-order valence-corrected chi connectivity index (χ1v) is 9.87. The highest BCUT2D eigenvalue weighted by Crippen LogP contribution is 2.40. The molecule has 2 aliphatic heterocycles. The average molecular weight is 421 g/mol. The Bertz CT molecular complexity index is 1100. The van der Waals surface area contributed by atoms with Crippen LogP contribution < -0.4 is 18.9 Å². The van der Waals surface area contributed by atoms with Crippen LogP contribution in [0.1, 0.15) is 17.2 Å². The van der Waals surface area contributed by atoms with E-state index in [4.69, 9.17) is 18.9 Å². The summed E-state index contributed by atoms with van der Waals surface area (Å²) in [6.07, 6.45) is -0.701. The van der Waals surface area contributed by atoms with E-state index >= 15 is 0 Å². The van der Waals surface area contributed by atoms with Crippen LogP contribution >= 0.6 is 0 Å². The minimum absolute atomic E-state index is 0.136. The van der Waals surface area contributed by atoms with Gasteiger partial charge in [-0.05, 0) is 59.7 Å². The predicted octanol–water partition coefficient (Wildman–Crippen LogP) is 4.09. The van der Waals surface area contributed by atoms with Crippen LogP contribution in [0.4, 0.5) is 4.39 Å². The summed E-state index contributed by atoms with van der Waals surface area (Å²) in [6.45, 7) is 0.567. The molecule has 0 bridgehead atoms. The molecule has 2 atom stereocenters. The van der Waals surface area contributed by atoms with Gasteiger partial charge in [-0.1, -0.05) is 18.2 Å². The van der Waals surface area contributed by atoms with Gasteiger partial charge in [0, 0.05) is 6.54 Å². The highest BCUT2D eigenvalue weighted by Gasteiger charge is 2.50. The van der Waals surface area contributed by atoms with Crippen molar-refractivity contribution < 1.29 is 28.1 Å². The number of carbonyl (C=O) groups excluding carboxylic acids is 1. The maximum absolute atomic E-state index is 13.5. The fourth-order valence-electron chi connectivity index (χ4n) is 3.86. The second-order valence-corrected chi connectivity index (χ2v) is 7.36. The van der Waals surface area contributed by atoms with E-state index in [1.165, 1.54) is 12.1 Å². The van der Waals surface area contributed by atoms with Gasteiger partial charge in [0.2, 0.25) is 12.9 Å². The summed E-state index contributed by atoms with van der Waals surface area (Å²) < 4.78 is 35.5. The molecule has 158 valence electrons. The molecule has 5 rings (SSSR count). The first-order valence-electron chi connectivity index (χ1n) is 9.87. The summed E-state index contributed by atoms with van der Waals surface area (Å²) in [5, 5.41) is 0. The fourth-order valence-corrected chi connectivity index (χ4v) is 3.86. The predicted molar refractivity (Wildman–Crippen MR) is 110 cm³/mol. The average Bonchev–Trinajstić information content (AvgIpc) is 3.27. The zero-order valence-electron chi connectivity index (χ0n) is 16.8. The largest absolute Gasteiger partial charge is 0.497 e. The van der Waals surface area contributed by atoms with Crippen molar-refractivity contribution in [3.8, 4) is 23.0 Å². The van der Waals surface area contributed by atoms with Crippen LogP contribution in [0.25, 0.3) is 0 Å². The highest BCUT2D eigenvalue weighted by molar-refractivity contribution is 5.89. The number of hydrogen-bond acceptors (Lipinski definition) is 5. The molecule has 3 aromatic rings. The summed E-state index contributed by atoms with van der Waals surface area (Å²) in [6, 6.07) is 18.5. The van der Waals surface area contributed by atoms with Gasteiger partial charge in [-0.2, -0.15) is 0 Å². The van der Waals surface area contributed by atoms with E-state index in [9.17, 15) is 9.18 Å². The third kappa shape index (κ3) is 3.63. The van der Waals surface area contributed by atoms with E-state index < -0.39 is 6.10 Å². The maximum Gasteiger partial charge on any atom is 0.267 e. The molecular weight excluding hydrogens is 401 g/mol. The second-order valence-electron chi connectivity index (χ2n) is 7.36. The lowest BCUT2D eigenvalue weighted by Gasteiger charge is -2.46. The zero-order chi connectivity index (χ0) is 21.4. The lowest BCUT2D eigenvalue weighted by molar-refractivity contribution is -0.165. The molecule has 0 radical (unpaired) electrons. The van der Waals surface area contributed by atoms with E-state index in [0.29, 0.717) is 29.5 Å². The van der Waals surface area contributed by atoms with Crippen LogP contribution in [0.2, 0.25) is 0 Å². The van der Waals surface area contributed by atoms with Gasteiger partial charge in [-0.15, -0.1) is 0 Å². The van der Waals surface area contributed by atoms with Crippen molar-refractivity contribution in [2.45, 2.75) is 18.7 Å². The van der Waals surface area contributed by atoms with E-state index in [1.54, 1.807) is 48.4 Å². The third-order valence-corrected chi connectivity index (χ3v) is 5.47. The van der Waals surface area contributed by atoms with Crippen LogP contribution in [-0.4, -0.2) is 30.8 Å². The Hall–Kier alpha value is -3.74. The van der Waals surface area contributed by atoms with E-state index in [0.717, 1.165) is 11.1 Å². The number of hydrogen-bond donors (Lipinski definition) is 0.